The van der Waals surface area contributed by atoms with Crippen LogP contribution >= 0.6 is 0 Å². The number of rotatable bonds is 5. The molecule has 0 radical (unpaired) electrons. The molecule has 0 fully saturated rings. The Hall–Kier alpha value is -2.24. The molecule has 0 amide bonds. The van der Waals surface area contributed by atoms with Crippen molar-refractivity contribution in [3.8, 4) is 5.75 Å². The van der Waals surface area contributed by atoms with Crippen molar-refractivity contribution in [1.82, 2.24) is 0 Å². The Balaban J connectivity index is 2.45. The standard InChI is InChI=1S/C14H17N3O4/c1-21-12-7-6-9(10-4-2-3-5-11(10)12)8-14(20,13(18)19)16-17-15/h6-7,20H,2-5,8H2,1H3,(H,18,19). The summed E-state index contributed by atoms with van der Waals surface area (Å²) >= 11 is 0. The van der Waals surface area contributed by atoms with Crippen molar-refractivity contribution in [2.24, 2.45) is 5.11 Å². The van der Waals surface area contributed by atoms with E-state index in [9.17, 15) is 9.90 Å². The maximum atomic E-state index is 11.2. The van der Waals surface area contributed by atoms with Gasteiger partial charge in [-0.3, -0.25) is 0 Å². The van der Waals surface area contributed by atoms with Gasteiger partial charge in [0.05, 0.1) is 7.11 Å². The third kappa shape index (κ3) is 2.94. The Morgan fingerprint density at radius 3 is 2.67 bits per heavy atom. The van der Waals surface area contributed by atoms with Crippen molar-refractivity contribution in [2.75, 3.05) is 7.11 Å². The van der Waals surface area contributed by atoms with E-state index in [0.717, 1.165) is 42.6 Å². The van der Waals surface area contributed by atoms with Crippen LogP contribution in [-0.4, -0.2) is 29.0 Å². The number of nitrogens with zero attached hydrogens (tertiary/aromatic N) is 3. The number of azide groups is 1. The molecule has 2 rings (SSSR count). The van der Waals surface area contributed by atoms with Crippen LogP contribution in [0.15, 0.2) is 17.2 Å². The Labute approximate surface area is 121 Å². The van der Waals surface area contributed by atoms with Crippen LogP contribution in [0.5, 0.6) is 5.75 Å². The predicted octanol–water partition coefficient (Wildman–Crippen LogP) is 2.20. The van der Waals surface area contributed by atoms with Crippen LogP contribution in [0.25, 0.3) is 10.4 Å². The number of aliphatic carboxylic acids is 1. The number of hydrogen-bond donors (Lipinski definition) is 2. The molecular formula is C14H17N3O4. The van der Waals surface area contributed by atoms with Crippen LogP contribution < -0.4 is 4.74 Å². The van der Waals surface area contributed by atoms with Gasteiger partial charge in [0.2, 0.25) is 5.72 Å². The maximum absolute atomic E-state index is 11.2. The Bertz CT molecular complexity index is 606. The second kappa shape index (κ2) is 6.03. The molecule has 1 aliphatic rings. The first-order valence-corrected chi connectivity index (χ1v) is 6.71. The number of methoxy groups -OCH3 is 1. The van der Waals surface area contributed by atoms with Crippen molar-refractivity contribution in [3.63, 3.8) is 0 Å². The molecule has 0 bridgehead atoms. The molecule has 21 heavy (non-hydrogen) atoms. The monoisotopic (exact) mass is 291 g/mol. The molecular weight excluding hydrogens is 274 g/mol. The number of carbonyl (C=O) groups is 1. The number of aliphatic hydroxyl groups is 1. The summed E-state index contributed by atoms with van der Waals surface area (Å²) in [4.78, 5) is 13.6. The summed E-state index contributed by atoms with van der Waals surface area (Å²) in [6, 6.07) is 3.49. The molecule has 1 unspecified atom stereocenters. The SMILES string of the molecule is COc1ccc(CC(O)(N=[N+]=[N-])C(=O)O)c2c1CCCC2. The molecule has 0 heterocycles. The highest BCUT2D eigenvalue weighted by atomic mass is 16.5. The fourth-order valence-electron chi connectivity index (χ4n) is 2.76. The highest BCUT2D eigenvalue weighted by molar-refractivity contribution is 5.77. The van der Waals surface area contributed by atoms with Crippen LogP contribution in [0, 0.1) is 0 Å². The van der Waals surface area contributed by atoms with Gasteiger partial charge in [0, 0.05) is 11.3 Å². The molecule has 0 spiro atoms. The Morgan fingerprint density at radius 1 is 1.43 bits per heavy atom. The van der Waals surface area contributed by atoms with E-state index in [0.29, 0.717) is 5.56 Å². The number of ether oxygens (including phenoxy) is 1. The van der Waals surface area contributed by atoms with E-state index in [1.807, 2.05) is 0 Å². The first kappa shape index (κ1) is 15.2. The number of fused-ring (bicyclic) bond motifs is 1. The summed E-state index contributed by atoms with van der Waals surface area (Å²) < 4.78 is 5.33. The second-order valence-corrected chi connectivity index (χ2v) is 5.08. The minimum absolute atomic E-state index is 0.251. The molecule has 112 valence electrons. The van der Waals surface area contributed by atoms with E-state index in [-0.39, 0.29) is 6.42 Å². The van der Waals surface area contributed by atoms with Gasteiger partial charge in [-0.25, -0.2) is 4.79 Å². The quantitative estimate of drug-likeness (QED) is 0.491. The summed E-state index contributed by atoms with van der Waals surface area (Å²) in [7, 11) is 1.59. The summed E-state index contributed by atoms with van der Waals surface area (Å²) in [5, 5.41) is 22.2. The summed E-state index contributed by atoms with van der Waals surface area (Å²) in [5.74, 6) is -0.781. The van der Waals surface area contributed by atoms with Gasteiger partial charge < -0.3 is 14.9 Å². The third-order valence-corrected chi connectivity index (χ3v) is 3.80. The first-order valence-electron chi connectivity index (χ1n) is 6.71. The highest BCUT2D eigenvalue weighted by Gasteiger charge is 2.36. The first-order chi connectivity index (χ1) is 10.0. The van der Waals surface area contributed by atoms with Crippen molar-refractivity contribution in [1.29, 1.82) is 0 Å². The number of hydrogen-bond acceptors (Lipinski definition) is 4. The Morgan fingerprint density at radius 2 is 2.10 bits per heavy atom. The summed E-state index contributed by atoms with van der Waals surface area (Å²) in [6.07, 6.45) is 3.46. The van der Waals surface area contributed by atoms with E-state index in [2.05, 4.69) is 10.0 Å². The zero-order valence-corrected chi connectivity index (χ0v) is 11.7. The molecule has 0 aromatic heterocycles. The van der Waals surface area contributed by atoms with Crippen LogP contribution in [0.3, 0.4) is 0 Å². The average molecular weight is 291 g/mol. The fraction of sp³-hybridized carbons (Fsp3) is 0.500. The van der Waals surface area contributed by atoms with Gasteiger partial charge in [-0.05, 0) is 59.1 Å². The van der Waals surface area contributed by atoms with Crippen molar-refractivity contribution in [3.05, 3.63) is 39.3 Å². The number of carboxylic acids is 1. The molecule has 7 heteroatoms. The molecule has 2 N–H and O–H groups in total. The molecule has 0 saturated carbocycles. The number of benzene rings is 1. The molecule has 1 atom stereocenters. The van der Waals surface area contributed by atoms with Crippen molar-refractivity contribution >= 4 is 5.97 Å². The zero-order valence-electron chi connectivity index (χ0n) is 11.7. The normalized spacial score (nSPS) is 16.3. The van der Waals surface area contributed by atoms with Gasteiger partial charge in [0.25, 0.3) is 0 Å². The predicted molar refractivity (Wildman–Crippen MR) is 75.1 cm³/mol. The lowest BCUT2D eigenvalue weighted by molar-refractivity contribution is -0.157. The van der Waals surface area contributed by atoms with E-state index in [1.54, 1.807) is 19.2 Å². The molecule has 1 aliphatic carbocycles. The van der Waals surface area contributed by atoms with E-state index < -0.39 is 11.7 Å². The van der Waals surface area contributed by atoms with Gasteiger partial charge >= 0.3 is 5.97 Å². The molecule has 1 aromatic rings. The van der Waals surface area contributed by atoms with Gasteiger partial charge in [-0.1, -0.05) is 6.07 Å². The third-order valence-electron chi connectivity index (χ3n) is 3.80. The fourth-order valence-corrected chi connectivity index (χ4v) is 2.76. The van der Waals surface area contributed by atoms with Crippen molar-refractivity contribution < 1.29 is 19.7 Å². The molecule has 0 saturated heterocycles. The van der Waals surface area contributed by atoms with Crippen LogP contribution in [0.4, 0.5) is 0 Å². The zero-order chi connectivity index (χ0) is 15.5. The van der Waals surface area contributed by atoms with Crippen molar-refractivity contribution in [2.45, 2.75) is 37.8 Å². The summed E-state index contributed by atoms with van der Waals surface area (Å²) in [6.45, 7) is 0. The van der Waals surface area contributed by atoms with E-state index in [4.69, 9.17) is 15.4 Å². The highest BCUT2D eigenvalue weighted by Crippen LogP contribution is 2.33. The van der Waals surface area contributed by atoms with Gasteiger partial charge in [0.15, 0.2) is 0 Å². The molecule has 1 aromatic carbocycles. The Kier molecular flexibility index (Phi) is 4.35. The lowest BCUT2D eigenvalue weighted by atomic mass is 9.85. The van der Waals surface area contributed by atoms with E-state index >= 15 is 0 Å². The van der Waals surface area contributed by atoms with Gasteiger partial charge in [-0.15, -0.1) is 0 Å². The topological polar surface area (TPSA) is 116 Å². The minimum Gasteiger partial charge on any atom is -0.496 e. The number of carboxylic acid groups (broad SMARTS) is 1. The van der Waals surface area contributed by atoms with Crippen LogP contribution in [0.1, 0.15) is 29.5 Å². The van der Waals surface area contributed by atoms with Gasteiger partial charge in [0.1, 0.15) is 5.75 Å². The van der Waals surface area contributed by atoms with Crippen LogP contribution in [0.2, 0.25) is 0 Å². The maximum Gasteiger partial charge on any atom is 0.342 e. The van der Waals surface area contributed by atoms with E-state index in [1.165, 1.54) is 0 Å². The molecule has 7 nitrogen and oxygen atoms in total. The second-order valence-electron chi connectivity index (χ2n) is 5.08. The van der Waals surface area contributed by atoms with Gasteiger partial charge in [-0.2, -0.15) is 0 Å². The lowest BCUT2D eigenvalue weighted by Crippen LogP contribution is -2.38. The van der Waals surface area contributed by atoms with Crippen LogP contribution in [-0.2, 0) is 24.1 Å². The molecule has 0 aliphatic heterocycles. The summed E-state index contributed by atoms with van der Waals surface area (Å²) in [5.41, 5.74) is 8.73. The smallest absolute Gasteiger partial charge is 0.342 e. The lowest BCUT2D eigenvalue weighted by Gasteiger charge is -2.25. The largest absolute Gasteiger partial charge is 0.496 e. The average Bonchev–Trinajstić information content (AvgIpc) is 2.47. The minimum atomic E-state index is -2.46.